The smallest absolute Gasteiger partial charge is 0.272 e. The Hall–Kier alpha value is -1.80. The molecule has 0 saturated carbocycles. The second-order valence-electron chi connectivity index (χ2n) is 7.41. The average molecular weight is 583 g/mol. The van der Waals surface area contributed by atoms with Crippen LogP contribution in [-0.2, 0) is 24.3 Å². The van der Waals surface area contributed by atoms with Gasteiger partial charge in [-0.05, 0) is 0 Å². The van der Waals surface area contributed by atoms with Gasteiger partial charge in [0.2, 0.25) is 10.0 Å². The van der Waals surface area contributed by atoms with Crippen LogP contribution in [0.2, 0.25) is 0 Å². The molecule has 0 amide bonds. The number of aliphatic hydroxyl groups excluding tert-OH is 1. The van der Waals surface area contributed by atoms with E-state index in [9.17, 15) is 26.9 Å². The van der Waals surface area contributed by atoms with Gasteiger partial charge >= 0.3 is 0 Å². The Balaban J connectivity index is 2.57. The van der Waals surface area contributed by atoms with Gasteiger partial charge in [-0.2, -0.15) is 12.7 Å². The number of aliphatic hydroxyl groups is 1. The minimum atomic E-state index is -4.21. The van der Waals surface area contributed by atoms with Gasteiger partial charge in [-0.25, -0.2) is 8.42 Å². The number of anilines is 1. The summed E-state index contributed by atoms with van der Waals surface area (Å²) in [4.78, 5) is 13.9. The van der Waals surface area contributed by atoms with E-state index in [1.807, 2.05) is 4.90 Å². The van der Waals surface area contributed by atoms with Crippen molar-refractivity contribution in [2.45, 2.75) is 4.90 Å². The number of sulfonamides is 1. The molecule has 1 aromatic rings. The van der Waals surface area contributed by atoms with Gasteiger partial charge in [-0.15, -0.1) is 6.42 Å². The van der Waals surface area contributed by atoms with Crippen LogP contribution in [0.15, 0.2) is 17.0 Å². The Kier molecular flexibility index (Phi) is 10.2. The van der Waals surface area contributed by atoms with Gasteiger partial charge in [-0.1, -0.05) is 21.9 Å². The van der Waals surface area contributed by atoms with Crippen LogP contribution >= 0.6 is 15.9 Å². The van der Waals surface area contributed by atoms with Crippen molar-refractivity contribution < 1.29 is 31.0 Å². The van der Waals surface area contributed by atoms with Gasteiger partial charge in [0.05, 0.1) is 35.6 Å². The summed E-state index contributed by atoms with van der Waals surface area (Å²) in [6.07, 6.45) is 6.51. The lowest BCUT2D eigenvalue weighted by atomic mass is 10.1. The Labute approximate surface area is 207 Å². The number of terminal acetylenes is 1. The highest BCUT2D eigenvalue weighted by Crippen LogP contribution is 2.35. The molecule has 34 heavy (non-hydrogen) atoms. The van der Waals surface area contributed by atoms with E-state index in [4.69, 9.17) is 15.7 Å². The highest BCUT2D eigenvalue weighted by Gasteiger charge is 2.34. The molecular weight excluding hydrogens is 556 g/mol. The summed E-state index contributed by atoms with van der Waals surface area (Å²) >= 11 is 3.29. The molecule has 0 spiro atoms. The molecule has 0 aliphatic carbocycles. The summed E-state index contributed by atoms with van der Waals surface area (Å²) < 4.78 is 56.1. The Morgan fingerprint density at radius 3 is 2.38 bits per heavy atom. The lowest BCUT2D eigenvalue weighted by molar-refractivity contribution is -0.385. The zero-order valence-electron chi connectivity index (χ0n) is 18.6. The van der Waals surface area contributed by atoms with E-state index < -0.39 is 30.8 Å². The van der Waals surface area contributed by atoms with E-state index in [0.29, 0.717) is 25.0 Å². The third kappa shape index (κ3) is 7.35. The normalized spacial score (nSPS) is 15.7. The molecule has 2 rings (SSSR count). The highest BCUT2D eigenvalue weighted by molar-refractivity contribution is 9.09. The minimum absolute atomic E-state index is 0.00741. The van der Waals surface area contributed by atoms with Crippen LogP contribution < -0.4 is 4.90 Å². The number of nitro benzene ring substituents is 1. The lowest BCUT2D eigenvalue weighted by Crippen LogP contribution is -2.49. The van der Waals surface area contributed by atoms with Crippen LogP contribution in [0.3, 0.4) is 0 Å². The third-order valence-corrected chi connectivity index (χ3v) is 7.98. The summed E-state index contributed by atoms with van der Waals surface area (Å²) in [5.41, 5.74) is -0.408. The monoisotopic (exact) mass is 582 g/mol. The molecule has 15 heteroatoms. The van der Waals surface area contributed by atoms with E-state index in [1.54, 1.807) is 0 Å². The van der Waals surface area contributed by atoms with Crippen LogP contribution in [0, 0.1) is 22.5 Å². The largest absolute Gasteiger partial charge is 0.395 e. The summed E-state index contributed by atoms with van der Waals surface area (Å²) in [5, 5.41) is 21.0. The van der Waals surface area contributed by atoms with Crippen LogP contribution in [-0.4, -0.2) is 107 Å². The second kappa shape index (κ2) is 12.2. The Bertz CT molecular complexity index is 1130. The summed E-state index contributed by atoms with van der Waals surface area (Å²) in [6.45, 7) is 1.33. The number of nitro groups is 1. The molecule has 190 valence electrons. The number of alkyl halides is 1. The first-order valence-corrected chi connectivity index (χ1v) is 14.6. The zero-order chi connectivity index (χ0) is 25.5. The third-order valence-electron chi connectivity index (χ3n) is 5.12. The standard InChI is InChI=1S/C19H27BrN4O8S2/c1-3-16-14-17(24(26)27)15-18(19(16)22(5-4-20)11-13-32-33(2,28)29)34(30,31)23-8-6-21(7-9-23)10-12-25/h1,14-15,25H,4-13H2,2H3. The predicted molar refractivity (Wildman–Crippen MR) is 130 cm³/mol. The maximum Gasteiger partial charge on any atom is 0.272 e. The molecule has 0 aromatic heterocycles. The Morgan fingerprint density at radius 1 is 1.24 bits per heavy atom. The Morgan fingerprint density at radius 2 is 1.88 bits per heavy atom. The van der Waals surface area contributed by atoms with Gasteiger partial charge in [0.15, 0.2) is 0 Å². The van der Waals surface area contributed by atoms with E-state index in [2.05, 4.69) is 21.9 Å². The van der Waals surface area contributed by atoms with Crippen molar-refractivity contribution in [1.82, 2.24) is 9.21 Å². The number of nitrogens with zero attached hydrogens (tertiary/aromatic N) is 4. The van der Waals surface area contributed by atoms with Crippen molar-refractivity contribution in [2.75, 3.05) is 75.5 Å². The van der Waals surface area contributed by atoms with Gasteiger partial charge in [0, 0.05) is 63.3 Å². The maximum absolute atomic E-state index is 13.7. The number of rotatable bonds is 12. The molecular formula is C19H27BrN4O8S2. The fourth-order valence-corrected chi connectivity index (χ4v) is 6.02. The predicted octanol–water partition coefficient (Wildman–Crippen LogP) is 0.0522. The number of benzene rings is 1. The number of non-ortho nitro benzene ring substituents is 1. The first kappa shape index (κ1) is 28.4. The molecule has 0 atom stereocenters. The number of hydrogen-bond acceptors (Lipinski definition) is 10. The van der Waals surface area contributed by atoms with Gasteiger partial charge in [0.25, 0.3) is 15.8 Å². The minimum Gasteiger partial charge on any atom is -0.395 e. The molecule has 1 aliphatic rings. The molecule has 1 saturated heterocycles. The lowest BCUT2D eigenvalue weighted by Gasteiger charge is -2.35. The average Bonchev–Trinajstić information content (AvgIpc) is 2.77. The molecule has 12 nitrogen and oxygen atoms in total. The van der Waals surface area contributed by atoms with Crippen LogP contribution in [0.4, 0.5) is 11.4 Å². The molecule has 0 unspecified atom stereocenters. The van der Waals surface area contributed by atoms with Gasteiger partial charge < -0.3 is 10.0 Å². The topological polar surface area (TPSA) is 151 Å². The van der Waals surface area contributed by atoms with Crippen molar-refractivity contribution in [2.24, 2.45) is 0 Å². The molecule has 1 aliphatic heterocycles. The quantitative estimate of drug-likeness (QED) is 0.118. The van der Waals surface area contributed by atoms with Crippen molar-refractivity contribution in [3.8, 4) is 12.3 Å². The number of hydrogen-bond donors (Lipinski definition) is 1. The number of piperazine rings is 1. The summed E-state index contributed by atoms with van der Waals surface area (Å²) in [5.74, 6) is 2.34. The van der Waals surface area contributed by atoms with Crippen LogP contribution in [0.25, 0.3) is 0 Å². The molecule has 1 N–H and O–H groups in total. The van der Waals surface area contributed by atoms with E-state index >= 15 is 0 Å². The summed E-state index contributed by atoms with van der Waals surface area (Å²) in [7, 11) is -7.94. The molecule has 0 bridgehead atoms. The van der Waals surface area contributed by atoms with E-state index in [-0.39, 0.29) is 55.5 Å². The van der Waals surface area contributed by atoms with Crippen molar-refractivity contribution >= 4 is 47.4 Å². The SMILES string of the molecule is C#Cc1cc([N+](=O)[O-])cc(S(=O)(=O)N2CCN(CCO)CC2)c1N(CCBr)CCOS(C)(=O)=O. The van der Waals surface area contributed by atoms with E-state index in [1.165, 1.54) is 9.21 Å². The number of halogens is 1. The molecule has 1 heterocycles. The molecule has 1 aromatic carbocycles. The fraction of sp³-hybridized carbons (Fsp3) is 0.579. The van der Waals surface area contributed by atoms with Gasteiger partial charge in [0.1, 0.15) is 4.90 Å². The van der Waals surface area contributed by atoms with Crippen molar-refractivity contribution in [3.05, 3.63) is 27.8 Å². The number of β-amino-alcohol motifs (C(OH)–C–C–N with tert-alkyl or cyclic N) is 1. The fourth-order valence-electron chi connectivity index (χ4n) is 3.54. The van der Waals surface area contributed by atoms with Crippen molar-refractivity contribution in [1.29, 1.82) is 0 Å². The molecule has 0 radical (unpaired) electrons. The zero-order valence-corrected chi connectivity index (χ0v) is 21.8. The van der Waals surface area contributed by atoms with Crippen molar-refractivity contribution in [3.63, 3.8) is 0 Å². The van der Waals surface area contributed by atoms with E-state index in [0.717, 1.165) is 18.4 Å². The second-order valence-corrected chi connectivity index (χ2v) is 11.8. The maximum atomic E-state index is 13.7. The first-order chi connectivity index (χ1) is 15.9. The van der Waals surface area contributed by atoms with Crippen LogP contribution in [0.5, 0.6) is 0 Å². The van der Waals surface area contributed by atoms with Crippen LogP contribution in [0.1, 0.15) is 5.56 Å². The first-order valence-electron chi connectivity index (χ1n) is 10.2. The highest BCUT2D eigenvalue weighted by atomic mass is 79.9. The summed E-state index contributed by atoms with van der Waals surface area (Å²) in [6, 6.07) is 2.09. The molecule has 1 fully saturated rings. The van der Waals surface area contributed by atoms with Gasteiger partial charge in [-0.3, -0.25) is 19.2 Å².